The first-order valence-electron chi connectivity index (χ1n) is 11.1. The van der Waals surface area contributed by atoms with Crippen LogP contribution in [0.5, 0.6) is 5.75 Å². The lowest BCUT2D eigenvalue weighted by Gasteiger charge is -2.14. The average Bonchev–Trinajstić information content (AvgIpc) is 3.19. The largest absolute Gasteiger partial charge is 0.481 e. The third-order valence-corrected chi connectivity index (χ3v) is 6.09. The minimum atomic E-state index is -0.421. The van der Waals surface area contributed by atoms with Crippen LogP contribution in [-0.2, 0) is 16.1 Å². The van der Waals surface area contributed by atoms with Crippen molar-refractivity contribution in [3.05, 3.63) is 102 Å². The number of ether oxygens (including phenoxy) is 2. The van der Waals surface area contributed by atoms with Crippen molar-refractivity contribution in [1.29, 1.82) is 0 Å². The van der Waals surface area contributed by atoms with E-state index in [2.05, 4.69) is 35.8 Å². The van der Waals surface area contributed by atoms with E-state index in [1.807, 2.05) is 36.4 Å². The smallest absolute Gasteiger partial charge is 0.343 e. The molecule has 1 aromatic heterocycles. The fourth-order valence-corrected chi connectivity index (χ4v) is 4.41. The van der Waals surface area contributed by atoms with E-state index < -0.39 is 5.97 Å². The molecular formula is C29H24FNO3. The number of hydrogen-bond donors (Lipinski definition) is 0. The third kappa shape index (κ3) is 4.13. The number of carbonyl (C=O) groups is 1. The summed E-state index contributed by atoms with van der Waals surface area (Å²) in [5.41, 5.74) is 5.29. The van der Waals surface area contributed by atoms with E-state index in [-0.39, 0.29) is 12.4 Å². The summed E-state index contributed by atoms with van der Waals surface area (Å²) in [6, 6.07) is 27.1. The molecule has 0 saturated carbocycles. The standard InChI is InChI=1S/C29H24FNO3/c1-19-14-26-27(34-18-28(32)33-2)16-23-7-3-4-9-25(23)29(26)31(19)17-20-6-5-8-22(15-20)21-10-12-24(30)13-11-21/h3-16H,17-18H2,1-2H3. The maximum atomic E-state index is 13.4. The second-order valence-electron chi connectivity index (χ2n) is 8.30. The van der Waals surface area contributed by atoms with Crippen molar-refractivity contribution < 1.29 is 18.7 Å². The Labute approximate surface area is 197 Å². The van der Waals surface area contributed by atoms with Gasteiger partial charge >= 0.3 is 5.97 Å². The number of benzene rings is 4. The molecule has 4 aromatic carbocycles. The molecule has 34 heavy (non-hydrogen) atoms. The van der Waals surface area contributed by atoms with E-state index >= 15 is 0 Å². The van der Waals surface area contributed by atoms with Crippen LogP contribution in [0, 0.1) is 12.7 Å². The van der Waals surface area contributed by atoms with Crippen LogP contribution >= 0.6 is 0 Å². The third-order valence-electron chi connectivity index (χ3n) is 6.09. The van der Waals surface area contributed by atoms with Gasteiger partial charge in [0.05, 0.1) is 12.6 Å². The molecule has 0 N–H and O–H groups in total. The first kappa shape index (κ1) is 21.7. The van der Waals surface area contributed by atoms with E-state index in [0.717, 1.165) is 44.1 Å². The predicted octanol–water partition coefficient (Wildman–Crippen LogP) is 6.51. The van der Waals surface area contributed by atoms with Gasteiger partial charge in [0.25, 0.3) is 0 Å². The van der Waals surface area contributed by atoms with Gasteiger partial charge in [-0.2, -0.15) is 0 Å². The lowest BCUT2D eigenvalue weighted by Crippen LogP contribution is -2.12. The zero-order valence-electron chi connectivity index (χ0n) is 19.0. The monoisotopic (exact) mass is 453 g/mol. The van der Waals surface area contributed by atoms with Gasteiger partial charge in [0, 0.05) is 23.0 Å². The zero-order chi connectivity index (χ0) is 23.7. The summed E-state index contributed by atoms with van der Waals surface area (Å²) in [7, 11) is 1.35. The average molecular weight is 454 g/mol. The van der Waals surface area contributed by atoms with Crippen LogP contribution in [0.15, 0.2) is 84.9 Å². The van der Waals surface area contributed by atoms with Crippen LogP contribution in [0.1, 0.15) is 11.3 Å². The molecule has 5 heteroatoms. The molecule has 0 amide bonds. The Balaban J connectivity index is 1.60. The maximum absolute atomic E-state index is 13.4. The number of methoxy groups -OCH3 is 1. The van der Waals surface area contributed by atoms with Gasteiger partial charge in [-0.15, -0.1) is 0 Å². The molecule has 0 atom stereocenters. The number of aromatic nitrogens is 1. The molecule has 0 aliphatic rings. The number of nitrogens with zero attached hydrogens (tertiary/aromatic N) is 1. The lowest BCUT2D eigenvalue weighted by molar-refractivity contribution is -0.142. The van der Waals surface area contributed by atoms with E-state index in [0.29, 0.717) is 12.3 Å². The van der Waals surface area contributed by atoms with Crippen molar-refractivity contribution in [2.24, 2.45) is 0 Å². The van der Waals surface area contributed by atoms with Crippen LogP contribution < -0.4 is 4.74 Å². The summed E-state index contributed by atoms with van der Waals surface area (Å²) in [5.74, 6) is -0.0116. The van der Waals surface area contributed by atoms with Crippen LogP contribution in [0.2, 0.25) is 0 Å². The second kappa shape index (κ2) is 9.02. The summed E-state index contributed by atoms with van der Waals surface area (Å²) in [4.78, 5) is 11.7. The SMILES string of the molecule is COC(=O)COc1cc2ccccc2c2c1cc(C)n2Cc1cccc(-c2ccc(F)cc2)c1. The first-order chi connectivity index (χ1) is 16.5. The highest BCUT2D eigenvalue weighted by molar-refractivity contribution is 6.09. The van der Waals surface area contributed by atoms with Crippen molar-refractivity contribution in [1.82, 2.24) is 4.57 Å². The quantitative estimate of drug-likeness (QED) is 0.275. The molecule has 0 radical (unpaired) electrons. The highest BCUT2D eigenvalue weighted by atomic mass is 19.1. The van der Waals surface area contributed by atoms with Crippen LogP contribution in [0.25, 0.3) is 32.8 Å². The molecule has 1 heterocycles. The molecule has 5 rings (SSSR count). The van der Waals surface area contributed by atoms with Gasteiger partial charge in [-0.25, -0.2) is 9.18 Å². The number of halogens is 1. The molecule has 5 aromatic rings. The van der Waals surface area contributed by atoms with E-state index in [4.69, 9.17) is 9.47 Å². The van der Waals surface area contributed by atoms with Crippen molar-refractivity contribution in [2.75, 3.05) is 13.7 Å². The molecule has 0 aliphatic heterocycles. The molecule has 0 bridgehead atoms. The van der Waals surface area contributed by atoms with Crippen molar-refractivity contribution in [2.45, 2.75) is 13.5 Å². The number of carbonyl (C=O) groups excluding carboxylic acids is 1. The molecule has 0 saturated heterocycles. The van der Waals surface area contributed by atoms with Crippen LogP contribution in [0.3, 0.4) is 0 Å². The summed E-state index contributed by atoms with van der Waals surface area (Å²) >= 11 is 0. The Morgan fingerprint density at radius 3 is 2.47 bits per heavy atom. The minimum absolute atomic E-state index is 0.145. The Hall–Kier alpha value is -4.12. The van der Waals surface area contributed by atoms with Crippen molar-refractivity contribution in [3.63, 3.8) is 0 Å². The number of hydrogen-bond acceptors (Lipinski definition) is 3. The van der Waals surface area contributed by atoms with E-state index in [9.17, 15) is 9.18 Å². The Morgan fingerprint density at radius 2 is 1.68 bits per heavy atom. The zero-order valence-corrected chi connectivity index (χ0v) is 19.0. The molecular weight excluding hydrogens is 429 g/mol. The van der Waals surface area contributed by atoms with Crippen molar-refractivity contribution >= 4 is 27.6 Å². The minimum Gasteiger partial charge on any atom is -0.481 e. The number of aryl methyl sites for hydroxylation is 1. The molecule has 0 unspecified atom stereocenters. The Morgan fingerprint density at radius 1 is 0.882 bits per heavy atom. The summed E-state index contributed by atoms with van der Waals surface area (Å²) in [6.45, 7) is 2.59. The molecule has 0 spiro atoms. The van der Waals surface area contributed by atoms with Gasteiger partial charge < -0.3 is 14.0 Å². The summed E-state index contributed by atoms with van der Waals surface area (Å²) < 4.78 is 26.2. The van der Waals surface area contributed by atoms with Gasteiger partial charge in [-0.05, 0) is 59.3 Å². The highest BCUT2D eigenvalue weighted by Crippen LogP contribution is 2.36. The lowest BCUT2D eigenvalue weighted by atomic mass is 10.0. The highest BCUT2D eigenvalue weighted by Gasteiger charge is 2.16. The van der Waals surface area contributed by atoms with Gasteiger partial charge in [-0.1, -0.05) is 54.6 Å². The fourth-order valence-electron chi connectivity index (χ4n) is 4.41. The molecule has 170 valence electrons. The maximum Gasteiger partial charge on any atom is 0.343 e. The molecule has 0 fully saturated rings. The summed E-state index contributed by atoms with van der Waals surface area (Å²) in [6.07, 6.45) is 0. The Bertz CT molecular complexity index is 1500. The predicted molar refractivity (Wildman–Crippen MR) is 133 cm³/mol. The van der Waals surface area contributed by atoms with Gasteiger partial charge in [0.2, 0.25) is 0 Å². The number of fused-ring (bicyclic) bond motifs is 3. The van der Waals surface area contributed by atoms with Crippen LogP contribution in [0.4, 0.5) is 4.39 Å². The second-order valence-corrected chi connectivity index (χ2v) is 8.30. The molecule has 4 nitrogen and oxygen atoms in total. The van der Waals surface area contributed by atoms with Gasteiger partial charge in [0.1, 0.15) is 11.6 Å². The van der Waals surface area contributed by atoms with E-state index in [1.54, 1.807) is 12.1 Å². The van der Waals surface area contributed by atoms with Crippen molar-refractivity contribution in [3.8, 4) is 16.9 Å². The normalized spacial score (nSPS) is 11.1. The topological polar surface area (TPSA) is 40.5 Å². The van der Waals surface area contributed by atoms with Gasteiger partial charge in [0.15, 0.2) is 6.61 Å². The number of esters is 1. The van der Waals surface area contributed by atoms with Gasteiger partial charge in [-0.3, -0.25) is 0 Å². The van der Waals surface area contributed by atoms with E-state index in [1.165, 1.54) is 19.2 Å². The Kier molecular flexibility index (Phi) is 5.76. The van der Waals surface area contributed by atoms with Crippen LogP contribution in [-0.4, -0.2) is 24.3 Å². The summed E-state index contributed by atoms with van der Waals surface area (Å²) in [5, 5.41) is 3.11. The number of rotatable bonds is 6. The fraction of sp³-hybridized carbons (Fsp3) is 0.138. The molecule has 0 aliphatic carbocycles. The first-order valence-corrected chi connectivity index (χ1v) is 11.1.